The monoisotopic (exact) mass is 607 g/mol. The molecule has 0 radical (unpaired) electrons. The predicted molar refractivity (Wildman–Crippen MR) is 163 cm³/mol. The molecule has 7 nitrogen and oxygen atoms in total. The topological polar surface area (TPSA) is 81.5 Å². The summed E-state index contributed by atoms with van der Waals surface area (Å²) in [4.78, 5) is 18.9. The van der Waals surface area contributed by atoms with E-state index in [-0.39, 0.29) is 22.8 Å². The van der Waals surface area contributed by atoms with Gasteiger partial charge in [0.25, 0.3) is 5.56 Å². The second-order valence-corrected chi connectivity index (χ2v) is 12.2. The van der Waals surface area contributed by atoms with Crippen LogP contribution in [0, 0.1) is 0 Å². The van der Waals surface area contributed by atoms with E-state index in [1.54, 1.807) is 56.5 Å². The molecule has 0 saturated heterocycles. The lowest BCUT2D eigenvalue weighted by molar-refractivity contribution is 0.330. The first-order valence-corrected chi connectivity index (χ1v) is 15.1. The van der Waals surface area contributed by atoms with E-state index in [4.69, 9.17) is 32.9 Å². The maximum Gasteiger partial charge on any atom is 0.266 e. The quantitative estimate of drug-likeness (QED) is 0.186. The third-order valence-electron chi connectivity index (χ3n) is 6.88. The molecule has 5 aromatic rings. The highest BCUT2D eigenvalue weighted by atomic mass is 35.5. The van der Waals surface area contributed by atoms with Crippen LogP contribution in [0.1, 0.15) is 24.4 Å². The molecule has 1 heterocycles. The van der Waals surface area contributed by atoms with Crippen molar-refractivity contribution < 1.29 is 13.2 Å². The number of hydrogen-bond donors (Lipinski definition) is 0. The van der Waals surface area contributed by atoms with Gasteiger partial charge in [0.2, 0.25) is 10.0 Å². The Kier molecular flexibility index (Phi) is 8.47. The van der Waals surface area contributed by atoms with Crippen molar-refractivity contribution in [1.82, 2.24) is 13.9 Å². The van der Waals surface area contributed by atoms with Crippen LogP contribution in [0.25, 0.3) is 16.6 Å². The third kappa shape index (κ3) is 6.01. The molecule has 1 atom stereocenters. The lowest BCUT2D eigenvalue weighted by Crippen LogP contribution is -2.38. The van der Waals surface area contributed by atoms with E-state index in [9.17, 15) is 13.2 Å². The molecular weight excluding hydrogens is 581 g/mol. The Balaban J connectivity index is 1.70. The molecule has 4 aromatic carbocycles. The molecule has 41 heavy (non-hydrogen) atoms. The summed E-state index contributed by atoms with van der Waals surface area (Å²) in [7, 11) is -2.49. The van der Waals surface area contributed by atoms with Crippen LogP contribution in [-0.4, -0.2) is 35.9 Å². The zero-order valence-corrected chi connectivity index (χ0v) is 24.7. The van der Waals surface area contributed by atoms with Crippen LogP contribution in [0.4, 0.5) is 0 Å². The van der Waals surface area contributed by atoms with E-state index in [1.165, 1.54) is 33.1 Å². The predicted octanol–water partition coefficient (Wildman–Crippen LogP) is 6.70. The van der Waals surface area contributed by atoms with Crippen molar-refractivity contribution >= 4 is 44.1 Å². The number of rotatable bonds is 9. The number of fused-ring (bicyclic) bond motifs is 1. The first kappa shape index (κ1) is 28.8. The standard InChI is InChI=1S/C31H27Cl2N3O4S/c1-21(35(19-18-22-6-4-3-5-7-22)41(38,39)27-15-8-23(32)9-16-27)30-34-29-20-24(33)10-17-28(29)31(37)36(30)25-11-13-26(40-2)14-12-25/h3-17,20-21H,18-19H2,1-2H3. The lowest BCUT2D eigenvalue weighted by Gasteiger charge is -2.30. The van der Waals surface area contributed by atoms with Gasteiger partial charge in [0.1, 0.15) is 11.6 Å². The zero-order chi connectivity index (χ0) is 29.1. The van der Waals surface area contributed by atoms with Gasteiger partial charge in [-0.25, -0.2) is 13.4 Å². The molecule has 0 spiro atoms. The van der Waals surface area contributed by atoms with Crippen molar-refractivity contribution in [2.24, 2.45) is 0 Å². The van der Waals surface area contributed by atoms with Crippen LogP contribution in [-0.2, 0) is 16.4 Å². The molecule has 1 aromatic heterocycles. The average Bonchev–Trinajstić information content (AvgIpc) is 2.97. The lowest BCUT2D eigenvalue weighted by atomic mass is 10.1. The number of halogens is 2. The van der Waals surface area contributed by atoms with E-state index in [2.05, 4.69) is 0 Å². The van der Waals surface area contributed by atoms with Gasteiger partial charge in [0.15, 0.2) is 0 Å². The molecule has 0 bridgehead atoms. The van der Waals surface area contributed by atoms with Crippen molar-refractivity contribution in [3.63, 3.8) is 0 Å². The van der Waals surface area contributed by atoms with E-state index >= 15 is 0 Å². The van der Waals surface area contributed by atoms with Gasteiger partial charge in [-0.15, -0.1) is 0 Å². The van der Waals surface area contributed by atoms with E-state index in [0.717, 1.165) is 5.56 Å². The molecular formula is C31H27Cl2N3O4S. The molecule has 210 valence electrons. The van der Waals surface area contributed by atoms with E-state index in [1.807, 2.05) is 30.3 Å². The molecule has 1 unspecified atom stereocenters. The number of methoxy groups -OCH3 is 1. The number of aromatic nitrogens is 2. The normalized spacial score (nSPS) is 12.5. The van der Waals surface area contributed by atoms with Crippen LogP contribution in [0.15, 0.2) is 107 Å². The SMILES string of the molecule is COc1ccc(-n2c(C(C)N(CCc3ccccc3)S(=O)(=O)c3ccc(Cl)cc3)nc3cc(Cl)ccc3c2=O)cc1. The highest BCUT2D eigenvalue weighted by Crippen LogP contribution is 2.30. The molecule has 0 fully saturated rings. The van der Waals surface area contributed by atoms with Crippen LogP contribution in [0.2, 0.25) is 10.0 Å². The Morgan fingerprint density at radius 3 is 2.22 bits per heavy atom. The largest absolute Gasteiger partial charge is 0.497 e. The second-order valence-electron chi connectivity index (χ2n) is 9.45. The first-order chi connectivity index (χ1) is 19.7. The minimum atomic E-state index is -4.05. The molecule has 0 N–H and O–H groups in total. The molecule has 10 heteroatoms. The van der Waals surface area contributed by atoms with Crippen LogP contribution in [0.3, 0.4) is 0 Å². The van der Waals surface area contributed by atoms with E-state index < -0.39 is 16.1 Å². The van der Waals surface area contributed by atoms with Gasteiger partial charge < -0.3 is 4.74 Å². The molecule has 0 aliphatic heterocycles. The minimum Gasteiger partial charge on any atom is -0.497 e. The van der Waals surface area contributed by atoms with E-state index in [0.29, 0.717) is 38.8 Å². The number of sulfonamides is 1. The number of hydrogen-bond acceptors (Lipinski definition) is 5. The Morgan fingerprint density at radius 1 is 0.902 bits per heavy atom. The molecule has 0 aliphatic rings. The number of nitrogens with zero attached hydrogens (tertiary/aromatic N) is 3. The summed E-state index contributed by atoms with van der Waals surface area (Å²) in [5.74, 6) is 0.868. The van der Waals surface area contributed by atoms with Gasteiger partial charge in [0, 0.05) is 16.6 Å². The Labute approximate surface area is 248 Å². The van der Waals surface area contributed by atoms with Gasteiger partial charge in [-0.3, -0.25) is 9.36 Å². The minimum absolute atomic E-state index is 0.0870. The van der Waals surface area contributed by atoms with Crippen LogP contribution < -0.4 is 10.3 Å². The fraction of sp³-hybridized carbons (Fsp3) is 0.161. The third-order valence-corrected chi connectivity index (χ3v) is 9.35. The van der Waals surface area contributed by atoms with Crippen molar-refractivity contribution in [2.75, 3.05) is 13.7 Å². The zero-order valence-electron chi connectivity index (χ0n) is 22.4. The number of benzene rings is 4. The summed E-state index contributed by atoms with van der Waals surface area (Å²) in [5.41, 5.74) is 1.53. The first-order valence-electron chi connectivity index (χ1n) is 12.9. The average molecular weight is 609 g/mol. The van der Waals surface area contributed by atoms with Crippen molar-refractivity contribution in [3.8, 4) is 11.4 Å². The maximum atomic E-state index is 14.1. The fourth-order valence-electron chi connectivity index (χ4n) is 4.71. The Morgan fingerprint density at radius 2 is 1.56 bits per heavy atom. The summed E-state index contributed by atoms with van der Waals surface area (Å²) >= 11 is 12.3. The summed E-state index contributed by atoms with van der Waals surface area (Å²) in [6, 6.07) is 26.6. The summed E-state index contributed by atoms with van der Waals surface area (Å²) < 4.78 is 36.4. The van der Waals surface area contributed by atoms with Crippen LogP contribution >= 0.6 is 23.2 Å². The Hall–Kier alpha value is -3.69. The molecule has 0 aliphatic carbocycles. The molecule has 0 saturated carbocycles. The van der Waals surface area contributed by atoms with Crippen LogP contribution in [0.5, 0.6) is 5.75 Å². The van der Waals surface area contributed by atoms with Crippen molar-refractivity contribution in [2.45, 2.75) is 24.3 Å². The fourth-order valence-corrected chi connectivity index (χ4v) is 6.60. The summed E-state index contributed by atoms with van der Waals surface area (Å²) in [6.45, 7) is 1.87. The van der Waals surface area contributed by atoms with Crippen molar-refractivity contribution in [1.29, 1.82) is 0 Å². The van der Waals surface area contributed by atoms with Gasteiger partial charge in [0.05, 0.1) is 34.6 Å². The second kappa shape index (κ2) is 12.0. The molecule has 5 rings (SSSR count). The smallest absolute Gasteiger partial charge is 0.266 e. The van der Waals surface area contributed by atoms with Crippen molar-refractivity contribution in [3.05, 3.63) is 129 Å². The number of ether oxygens (including phenoxy) is 1. The van der Waals surface area contributed by atoms with Gasteiger partial charge >= 0.3 is 0 Å². The Bertz CT molecular complexity index is 1840. The van der Waals surface area contributed by atoms with Gasteiger partial charge in [-0.2, -0.15) is 4.31 Å². The van der Waals surface area contributed by atoms with Gasteiger partial charge in [-0.05, 0) is 85.6 Å². The summed E-state index contributed by atoms with van der Waals surface area (Å²) in [5, 5.41) is 1.20. The summed E-state index contributed by atoms with van der Waals surface area (Å²) in [6.07, 6.45) is 0.449. The van der Waals surface area contributed by atoms with Gasteiger partial charge in [-0.1, -0.05) is 53.5 Å². The highest BCUT2D eigenvalue weighted by molar-refractivity contribution is 7.89. The highest BCUT2D eigenvalue weighted by Gasteiger charge is 2.33. The molecule has 0 amide bonds. The maximum absolute atomic E-state index is 14.1.